The number of aryl methyl sites for hydroxylation is 1. The lowest BCUT2D eigenvalue weighted by molar-refractivity contribution is 0.262. The van der Waals surface area contributed by atoms with Gasteiger partial charge in [-0.05, 0) is 36.2 Å². The predicted molar refractivity (Wildman–Crippen MR) is 95.3 cm³/mol. The molecule has 3 heterocycles. The number of urea groups is 1. The van der Waals surface area contributed by atoms with Crippen LogP contribution >= 0.6 is 0 Å². The fourth-order valence-electron chi connectivity index (χ4n) is 2.68. The summed E-state index contributed by atoms with van der Waals surface area (Å²) in [6.45, 7) is 1.97. The van der Waals surface area contributed by atoms with Crippen LogP contribution in [0.25, 0.3) is 22.2 Å². The fourth-order valence-corrected chi connectivity index (χ4v) is 2.68. The minimum absolute atomic E-state index is 0.339. The van der Waals surface area contributed by atoms with Crippen molar-refractivity contribution < 1.29 is 4.79 Å². The third-order valence-electron chi connectivity index (χ3n) is 3.84. The van der Waals surface area contributed by atoms with E-state index >= 15 is 0 Å². The van der Waals surface area contributed by atoms with E-state index in [0.717, 1.165) is 22.2 Å². The van der Waals surface area contributed by atoms with Gasteiger partial charge < -0.3 is 5.32 Å². The van der Waals surface area contributed by atoms with Crippen LogP contribution in [-0.4, -0.2) is 31.4 Å². The Labute approximate surface area is 142 Å². The van der Waals surface area contributed by atoms with E-state index in [2.05, 4.69) is 36.0 Å². The SMILES string of the molecule is Cc1[nH]nc2nccc(-c3ccc(NC(=O)Nc4ccn[nH]4)cc3)c12. The third kappa shape index (κ3) is 2.92. The van der Waals surface area contributed by atoms with Crippen molar-refractivity contribution in [1.82, 2.24) is 25.4 Å². The summed E-state index contributed by atoms with van der Waals surface area (Å²) in [5.41, 5.74) is 4.42. The number of hydrogen-bond acceptors (Lipinski definition) is 4. The number of rotatable bonds is 3. The molecule has 3 aromatic heterocycles. The molecule has 4 rings (SSSR count). The van der Waals surface area contributed by atoms with Crippen LogP contribution in [0.5, 0.6) is 0 Å². The summed E-state index contributed by atoms with van der Waals surface area (Å²) < 4.78 is 0. The largest absolute Gasteiger partial charge is 0.324 e. The number of nitrogens with one attached hydrogen (secondary N) is 4. The van der Waals surface area contributed by atoms with Crippen molar-refractivity contribution in [1.29, 1.82) is 0 Å². The zero-order chi connectivity index (χ0) is 17.2. The number of aromatic amines is 2. The number of benzene rings is 1. The minimum atomic E-state index is -0.339. The number of H-pyrrole nitrogens is 2. The third-order valence-corrected chi connectivity index (χ3v) is 3.84. The van der Waals surface area contributed by atoms with Gasteiger partial charge in [0.05, 0.1) is 6.20 Å². The molecule has 0 unspecified atom stereocenters. The Morgan fingerprint density at radius 1 is 1.00 bits per heavy atom. The molecule has 4 aromatic rings. The van der Waals surface area contributed by atoms with E-state index in [1.807, 2.05) is 37.3 Å². The molecule has 0 bridgehead atoms. The lowest BCUT2D eigenvalue weighted by Crippen LogP contribution is -2.19. The first-order valence-corrected chi connectivity index (χ1v) is 7.68. The summed E-state index contributed by atoms with van der Waals surface area (Å²) in [7, 11) is 0. The molecule has 0 radical (unpaired) electrons. The molecule has 8 heteroatoms. The number of fused-ring (bicyclic) bond motifs is 1. The minimum Gasteiger partial charge on any atom is -0.308 e. The van der Waals surface area contributed by atoms with Crippen LogP contribution < -0.4 is 10.6 Å². The number of pyridine rings is 1. The highest BCUT2D eigenvalue weighted by Gasteiger charge is 2.10. The van der Waals surface area contributed by atoms with E-state index in [1.54, 1.807) is 18.5 Å². The van der Waals surface area contributed by atoms with Gasteiger partial charge >= 0.3 is 6.03 Å². The standard InChI is InChI=1S/C17H15N7O/c1-10-15-13(6-8-18-16(15)24-22-10)11-2-4-12(5-3-11)20-17(25)21-14-7-9-19-23-14/h2-9H,1H3,(H,18,22,24)(H3,19,20,21,23,25). The maximum atomic E-state index is 11.9. The van der Waals surface area contributed by atoms with Crippen LogP contribution in [0.15, 0.2) is 48.8 Å². The summed E-state index contributed by atoms with van der Waals surface area (Å²) >= 11 is 0. The Bertz CT molecular complexity index is 1020. The van der Waals surface area contributed by atoms with Gasteiger partial charge in [0, 0.05) is 29.0 Å². The lowest BCUT2D eigenvalue weighted by Gasteiger charge is -2.08. The molecule has 0 spiro atoms. The van der Waals surface area contributed by atoms with Gasteiger partial charge in [-0.25, -0.2) is 9.78 Å². The molecule has 8 nitrogen and oxygen atoms in total. The molecule has 0 aliphatic rings. The Hall–Kier alpha value is -3.68. The Kier molecular flexibility index (Phi) is 3.62. The second kappa shape index (κ2) is 6.08. The monoisotopic (exact) mass is 333 g/mol. The summed E-state index contributed by atoms with van der Waals surface area (Å²) in [5, 5.41) is 20.0. The van der Waals surface area contributed by atoms with Crippen LogP contribution in [0, 0.1) is 6.92 Å². The first-order chi connectivity index (χ1) is 12.2. The lowest BCUT2D eigenvalue weighted by atomic mass is 10.0. The maximum Gasteiger partial charge on any atom is 0.324 e. The average Bonchev–Trinajstić information content (AvgIpc) is 3.26. The summed E-state index contributed by atoms with van der Waals surface area (Å²) in [4.78, 5) is 16.2. The highest BCUT2D eigenvalue weighted by atomic mass is 16.2. The Morgan fingerprint density at radius 3 is 2.60 bits per heavy atom. The van der Waals surface area contributed by atoms with Gasteiger partial charge in [-0.2, -0.15) is 10.2 Å². The van der Waals surface area contributed by atoms with Gasteiger partial charge in [-0.1, -0.05) is 12.1 Å². The molecular weight excluding hydrogens is 318 g/mol. The molecule has 0 atom stereocenters. The van der Waals surface area contributed by atoms with Crippen molar-refractivity contribution in [3.05, 3.63) is 54.5 Å². The zero-order valence-corrected chi connectivity index (χ0v) is 13.4. The van der Waals surface area contributed by atoms with Crippen LogP contribution in [0.1, 0.15) is 5.69 Å². The molecular formula is C17H15N7O. The molecule has 0 aliphatic heterocycles. The topological polar surface area (TPSA) is 111 Å². The second-order valence-corrected chi connectivity index (χ2v) is 5.53. The average molecular weight is 333 g/mol. The summed E-state index contributed by atoms with van der Waals surface area (Å²) in [6, 6.07) is 10.9. The Balaban J connectivity index is 1.55. The quantitative estimate of drug-likeness (QED) is 0.461. The van der Waals surface area contributed by atoms with E-state index < -0.39 is 0 Å². The fraction of sp³-hybridized carbons (Fsp3) is 0.0588. The molecule has 1 aromatic carbocycles. The predicted octanol–water partition coefficient (Wildman–Crippen LogP) is 3.30. The van der Waals surface area contributed by atoms with E-state index in [9.17, 15) is 4.79 Å². The van der Waals surface area contributed by atoms with Crippen LogP contribution in [-0.2, 0) is 0 Å². The number of aromatic nitrogens is 5. The summed E-state index contributed by atoms with van der Waals surface area (Å²) in [6.07, 6.45) is 3.31. The molecule has 2 amide bonds. The van der Waals surface area contributed by atoms with Gasteiger partial charge in [-0.3, -0.25) is 15.5 Å². The summed E-state index contributed by atoms with van der Waals surface area (Å²) in [5.74, 6) is 0.531. The van der Waals surface area contributed by atoms with Gasteiger partial charge in [0.1, 0.15) is 5.82 Å². The Morgan fingerprint density at radius 2 is 1.84 bits per heavy atom. The van der Waals surface area contributed by atoms with E-state index in [-0.39, 0.29) is 6.03 Å². The van der Waals surface area contributed by atoms with Crippen LogP contribution in [0.4, 0.5) is 16.3 Å². The smallest absolute Gasteiger partial charge is 0.308 e. The molecule has 0 fully saturated rings. The normalized spacial score (nSPS) is 10.8. The van der Waals surface area contributed by atoms with Crippen molar-refractivity contribution in [2.45, 2.75) is 6.92 Å². The van der Waals surface area contributed by atoms with Gasteiger partial charge in [0.25, 0.3) is 0 Å². The number of carbonyl (C=O) groups excluding carboxylic acids is 1. The second-order valence-electron chi connectivity index (χ2n) is 5.53. The van der Waals surface area contributed by atoms with Crippen molar-refractivity contribution in [3.8, 4) is 11.1 Å². The van der Waals surface area contributed by atoms with Crippen LogP contribution in [0.2, 0.25) is 0 Å². The van der Waals surface area contributed by atoms with Gasteiger partial charge in [0.2, 0.25) is 0 Å². The number of nitrogens with zero attached hydrogens (tertiary/aromatic N) is 3. The van der Waals surface area contributed by atoms with Crippen molar-refractivity contribution in [3.63, 3.8) is 0 Å². The van der Waals surface area contributed by atoms with Crippen molar-refractivity contribution in [2.24, 2.45) is 0 Å². The van der Waals surface area contributed by atoms with E-state index in [4.69, 9.17) is 0 Å². The van der Waals surface area contributed by atoms with Crippen molar-refractivity contribution in [2.75, 3.05) is 10.6 Å². The van der Waals surface area contributed by atoms with Gasteiger partial charge in [0.15, 0.2) is 5.65 Å². The number of amides is 2. The molecule has 0 saturated carbocycles. The molecule has 0 aliphatic carbocycles. The maximum absolute atomic E-state index is 11.9. The van der Waals surface area contributed by atoms with E-state index in [1.165, 1.54) is 0 Å². The molecule has 4 N–H and O–H groups in total. The molecule has 25 heavy (non-hydrogen) atoms. The van der Waals surface area contributed by atoms with E-state index in [0.29, 0.717) is 17.2 Å². The number of anilines is 2. The first-order valence-electron chi connectivity index (χ1n) is 7.68. The first kappa shape index (κ1) is 14.9. The van der Waals surface area contributed by atoms with Gasteiger partial charge in [-0.15, -0.1) is 0 Å². The van der Waals surface area contributed by atoms with Crippen LogP contribution in [0.3, 0.4) is 0 Å². The molecule has 0 saturated heterocycles. The molecule has 124 valence electrons. The number of carbonyl (C=O) groups is 1. The highest BCUT2D eigenvalue weighted by Crippen LogP contribution is 2.29. The zero-order valence-electron chi connectivity index (χ0n) is 13.4. The highest BCUT2D eigenvalue weighted by molar-refractivity contribution is 5.99. The number of hydrogen-bond donors (Lipinski definition) is 4. The van der Waals surface area contributed by atoms with Crippen molar-refractivity contribution >= 4 is 28.6 Å².